The Labute approximate surface area is 189 Å². The van der Waals surface area contributed by atoms with Crippen molar-refractivity contribution < 1.29 is 33.7 Å². The predicted octanol–water partition coefficient (Wildman–Crippen LogP) is 3.34. The van der Waals surface area contributed by atoms with E-state index >= 15 is 0 Å². The molecule has 8 nitrogen and oxygen atoms in total. The van der Waals surface area contributed by atoms with E-state index in [-0.39, 0.29) is 40.8 Å². The molecule has 1 unspecified atom stereocenters. The number of hydrogen-bond donors (Lipinski definition) is 1. The molecule has 1 aliphatic heterocycles. The number of methoxy groups -OCH3 is 2. The van der Waals surface area contributed by atoms with E-state index in [1.165, 1.54) is 38.2 Å². The van der Waals surface area contributed by atoms with Gasteiger partial charge in [0.1, 0.15) is 17.3 Å². The van der Waals surface area contributed by atoms with E-state index in [1.54, 1.807) is 30.3 Å². The molecule has 1 atom stereocenters. The van der Waals surface area contributed by atoms with Crippen molar-refractivity contribution in [3.05, 3.63) is 64.2 Å². The Kier molecular flexibility index (Phi) is 7.17. The summed E-state index contributed by atoms with van der Waals surface area (Å²) in [5, 5.41) is 11.3. The third kappa shape index (κ3) is 4.61. The average molecular weight is 460 g/mol. The molecule has 0 radical (unpaired) electrons. The Hall–Kier alpha value is -3.36. The molecule has 9 heteroatoms. The highest BCUT2D eigenvalue weighted by atomic mass is 35.5. The van der Waals surface area contributed by atoms with E-state index < -0.39 is 23.7 Å². The number of aliphatic hydroxyl groups is 1. The van der Waals surface area contributed by atoms with Crippen LogP contribution in [-0.2, 0) is 19.1 Å². The van der Waals surface area contributed by atoms with Crippen molar-refractivity contribution >= 4 is 35.0 Å². The minimum absolute atomic E-state index is 0.104. The summed E-state index contributed by atoms with van der Waals surface area (Å²) >= 11 is 6.18. The molecule has 0 spiro atoms. The summed E-state index contributed by atoms with van der Waals surface area (Å²) in [6.45, 7) is 1.57. The number of amides is 1. The smallest absolute Gasteiger partial charge is 0.308 e. The third-order valence-corrected chi connectivity index (χ3v) is 5.23. The van der Waals surface area contributed by atoms with Crippen LogP contribution in [-0.4, -0.2) is 55.0 Å². The van der Waals surface area contributed by atoms with Gasteiger partial charge in [0.05, 0.1) is 30.4 Å². The van der Waals surface area contributed by atoms with Crippen LogP contribution in [0.5, 0.6) is 11.5 Å². The lowest BCUT2D eigenvalue weighted by atomic mass is 9.95. The topological polar surface area (TPSA) is 102 Å². The Morgan fingerprint density at radius 3 is 2.53 bits per heavy atom. The monoisotopic (exact) mass is 459 g/mol. The molecule has 168 valence electrons. The highest BCUT2D eigenvalue weighted by molar-refractivity contribution is 6.46. The first kappa shape index (κ1) is 23.3. The Morgan fingerprint density at radius 1 is 1.16 bits per heavy atom. The van der Waals surface area contributed by atoms with Crippen LogP contribution in [0.25, 0.3) is 5.76 Å². The molecule has 1 amide bonds. The summed E-state index contributed by atoms with van der Waals surface area (Å²) in [4.78, 5) is 38.5. The van der Waals surface area contributed by atoms with Crippen LogP contribution in [0, 0.1) is 0 Å². The molecule has 0 bridgehead atoms. The fraction of sp³-hybridized carbons (Fsp3) is 0.261. The molecule has 32 heavy (non-hydrogen) atoms. The van der Waals surface area contributed by atoms with Crippen LogP contribution in [0.3, 0.4) is 0 Å². The van der Waals surface area contributed by atoms with Crippen LogP contribution in [0.15, 0.2) is 48.0 Å². The molecule has 1 fully saturated rings. The van der Waals surface area contributed by atoms with Crippen LogP contribution >= 0.6 is 11.6 Å². The van der Waals surface area contributed by atoms with E-state index in [0.29, 0.717) is 11.3 Å². The third-order valence-electron chi connectivity index (χ3n) is 4.94. The standard InChI is InChI=1S/C23H22ClNO7/c1-13(26)32-16-6-4-5-14(11-16)20-19(22(28)23(29)25(20)9-10-30-2)21(27)15-7-8-18(31-3)17(24)12-15/h4-8,11-12,20,27H,9-10H2,1-3H3/b21-19+. The van der Waals surface area contributed by atoms with E-state index in [2.05, 4.69) is 0 Å². The van der Waals surface area contributed by atoms with Gasteiger partial charge in [0.25, 0.3) is 11.7 Å². The summed E-state index contributed by atoms with van der Waals surface area (Å²) in [6.07, 6.45) is 0. The maximum Gasteiger partial charge on any atom is 0.308 e. The van der Waals surface area contributed by atoms with Crippen LogP contribution in [0.2, 0.25) is 5.02 Å². The number of carbonyl (C=O) groups is 3. The van der Waals surface area contributed by atoms with E-state index in [9.17, 15) is 19.5 Å². The van der Waals surface area contributed by atoms with E-state index in [1.807, 2.05) is 0 Å². The lowest BCUT2D eigenvalue weighted by Crippen LogP contribution is -2.32. The number of ether oxygens (including phenoxy) is 3. The van der Waals surface area contributed by atoms with Gasteiger partial charge in [0.15, 0.2) is 0 Å². The number of halogens is 1. The summed E-state index contributed by atoms with van der Waals surface area (Å²) < 4.78 is 15.4. The van der Waals surface area contributed by atoms with E-state index in [0.717, 1.165) is 0 Å². The van der Waals surface area contributed by atoms with Crippen LogP contribution < -0.4 is 9.47 Å². The lowest BCUT2D eigenvalue weighted by molar-refractivity contribution is -0.140. The first-order chi connectivity index (χ1) is 15.3. The minimum Gasteiger partial charge on any atom is -0.507 e. The molecule has 0 aliphatic carbocycles. The number of rotatable bonds is 7. The van der Waals surface area contributed by atoms with Crippen LogP contribution in [0.1, 0.15) is 24.1 Å². The minimum atomic E-state index is -0.915. The summed E-state index contributed by atoms with van der Waals surface area (Å²) in [6, 6.07) is 10.1. The molecule has 2 aromatic rings. The molecule has 1 N–H and O–H groups in total. The Balaban J connectivity index is 2.16. The number of likely N-dealkylation sites (tertiary alicyclic amines) is 1. The molecular weight excluding hydrogens is 438 g/mol. The maximum atomic E-state index is 13.0. The van der Waals surface area contributed by atoms with Crippen molar-refractivity contribution in [2.45, 2.75) is 13.0 Å². The number of carbonyl (C=O) groups excluding carboxylic acids is 3. The van der Waals surface area contributed by atoms with Gasteiger partial charge in [0.2, 0.25) is 0 Å². The summed E-state index contributed by atoms with van der Waals surface area (Å²) in [5.74, 6) is -1.85. The zero-order valence-corrected chi connectivity index (χ0v) is 18.5. The molecule has 0 saturated carbocycles. The second-order valence-electron chi connectivity index (χ2n) is 7.00. The predicted molar refractivity (Wildman–Crippen MR) is 117 cm³/mol. The fourth-order valence-corrected chi connectivity index (χ4v) is 3.79. The second-order valence-corrected chi connectivity index (χ2v) is 7.41. The highest BCUT2D eigenvalue weighted by Crippen LogP contribution is 2.40. The van der Waals surface area contributed by atoms with Gasteiger partial charge in [0, 0.05) is 26.1 Å². The van der Waals surface area contributed by atoms with Gasteiger partial charge >= 0.3 is 5.97 Å². The number of ketones is 1. The molecular formula is C23H22ClNO7. The summed E-state index contributed by atoms with van der Waals surface area (Å²) in [7, 11) is 2.93. The number of benzene rings is 2. The van der Waals surface area contributed by atoms with Crippen molar-refractivity contribution in [1.29, 1.82) is 0 Å². The number of aliphatic hydroxyl groups excluding tert-OH is 1. The van der Waals surface area contributed by atoms with Gasteiger partial charge in [-0.25, -0.2) is 0 Å². The molecule has 1 aliphatic rings. The Bertz CT molecular complexity index is 1100. The van der Waals surface area contributed by atoms with Crippen molar-refractivity contribution in [2.24, 2.45) is 0 Å². The average Bonchev–Trinajstić information content (AvgIpc) is 3.01. The lowest BCUT2D eigenvalue weighted by Gasteiger charge is -2.25. The van der Waals surface area contributed by atoms with Gasteiger partial charge in [-0.2, -0.15) is 0 Å². The van der Waals surface area contributed by atoms with Gasteiger partial charge in [-0.1, -0.05) is 23.7 Å². The zero-order chi connectivity index (χ0) is 23.4. The van der Waals surface area contributed by atoms with E-state index in [4.69, 9.17) is 25.8 Å². The fourth-order valence-electron chi connectivity index (χ4n) is 3.53. The summed E-state index contributed by atoms with van der Waals surface area (Å²) in [5.41, 5.74) is 0.634. The van der Waals surface area contributed by atoms with Crippen molar-refractivity contribution in [2.75, 3.05) is 27.4 Å². The molecule has 3 rings (SSSR count). The largest absolute Gasteiger partial charge is 0.507 e. The van der Waals surface area contributed by atoms with Crippen molar-refractivity contribution in [1.82, 2.24) is 4.90 Å². The van der Waals surface area contributed by atoms with Gasteiger partial charge < -0.3 is 24.2 Å². The van der Waals surface area contributed by atoms with Gasteiger partial charge in [-0.3, -0.25) is 14.4 Å². The van der Waals surface area contributed by atoms with Crippen molar-refractivity contribution in [3.63, 3.8) is 0 Å². The zero-order valence-electron chi connectivity index (χ0n) is 17.8. The molecule has 0 aromatic heterocycles. The first-order valence-electron chi connectivity index (χ1n) is 9.68. The van der Waals surface area contributed by atoms with Gasteiger partial charge in [-0.15, -0.1) is 0 Å². The normalized spacial score (nSPS) is 17.5. The highest BCUT2D eigenvalue weighted by Gasteiger charge is 2.46. The van der Waals surface area contributed by atoms with Crippen molar-refractivity contribution in [3.8, 4) is 11.5 Å². The van der Waals surface area contributed by atoms with Crippen LogP contribution in [0.4, 0.5) is 0 Å². The maximum absolute atomic E-state index is 13.0. The number of Topliss-reactive ketones (excluding diaryl/α,β-unsaturated/α-hetero) is 1. The number of hydrogen-bond acceptors (Lipinski definition) is 7. The quantitative estimate of drug-likeness (QED) is 0.223. The molecule has 2 aromatic carbocycles. The number of nitrogens with zero attached hydrogens (tertiary/aromatic N) is 1. The number of esters is 1. The first-order valence-corrected chi connectivity index (χ1v) is 10.1. The molecule has 1 heterocycles. The molecule has 1 saturated heterocycles. The van der Waals surface area contributed by atoms with Gasteiger partial charge in [-0.05, 0) is 35.9 Å². The Morgan fingerprint density at radius 2 is 1.91 bits per heavy atom. The SMILES string of the molecule is COCCN1C(=O)C(=O)/C(=C(/O)c2ccc(OC)c(Cl)c2)C1c1cccc(OC(C)=O)c1. The second kappa shape index (κ2) is 9.84.